The molecule has 3 aromatic rings. The smallest absolute Gasteiger partial charge is 0.341 e. The molecular formula is C26H26FNO8. The average molecular weight is 499 g/mol. The molecule has 0 saturated carbocycles. The first-order chi connectivity index (χ1) is 17.2. The van der Waals surface area contributed by atoms with Crippen LogP contribution in [-0.2, 0) is 16.2 Å². The van der Waals surface area contributed by atoms with Gasteiger partial charge in [0.05, 0.1) is 13.2 Å². The minimum absolute atomic E-state index is 0.0206. The van der Waals surface area contributed by atoms with Crippen molar-refractivity contribution in [2.24, 2.45) is 0 Å². The molecule has 0 aliphatic heterocycles. The maximum absolute atomic E-state index is 14.1. The molecule has 0 fully saturated rings. The number of carboxylic acids is 1. The molecule has 3 aromatic carbocycles. The van der Waals surface area contributed by atoms with Crippen LogP contribution in [0.25, 0.3) is 11.1 Å². The molecule has 3 rings (SSSR count). The fourth-order valence-corrected chi connectivity index (χ4v) is 3.66. The highest BCUT2D eigenvalue weighted by Crippen LogP contribution is 2.32. The number of ether oxygens (including phenoxy) is 3. The highest BCUT2D eigenvalue weighted by atomic mass is 19.1. The minimum atomic E-state index is -1.19. The largest absolute Gasteiger partial charge is 0.494 e. The first-order valence-corrected chi connectivity index (χ1v) is 11.1. The average Bonchev–Trinajstić information content (AvgIpc) is 2.81. The van der Waals surface area contributed by atoms with Crippen LogP contribution in [0, 0.1) is 29.8 Å². The number of carbonyl (C=O) groups is 1. The first kappa shape index (κ1) is 26.3. The van der Waals surface area contributed by atoms with Gasteiger partial charge in [-0.3, -0.25) is 0 Å². The molecule has 0 saturated heterocycles. The van der Waals surface area contributed by atoms with E-state index < -0.39 is 23.5 Å². The Kier molecular flexibility index (Phi) is 9.04. The van der Waals surface area contributed by atoms with Gasteiger partial charge < -0.3 is 24.2 Å². The van der Waals surface area contributed by atoms with Gasteiger partial charge in [-0.25, -0.2) is 9.18 Å². The number of rotatable bonds is 13. The van der Waals surface area contributed by atoms with Crippen molar-refractivity contribution >= 4 is 5.97 Å². The van der Waals surface area contributed by atoms with E-state index in [0.29, 0.717) is 18.8 Å². The van der Waals surface area contributed by atoms with Crippen LogP contribution in [0.5, 0.6) is 17.2 Å². The van der Waals surface area contributed by atoms with E-state index in [-0.39, 0.29) is 24.7 Å². The predicted octanol–water partition coefficient (Wildman–Crippen LogP) is 5.13. The van der Waals surface area contributed by atoms with Crippen LogP contribution in [0.15, 0.2) is 54.6 Å². The van der Waals surface area contributed by atoms with E-state index in [1.165, 1.54) is 12.1 Å². The van der Waals surface area contributed by atoms with Crippen molar-refractivity contribution in [3.05, 3.63) is 87.2 Å². The molecule has 0 radical (unpaired) electrons. The summed E-state index contributed by atoms with van der Waals surface area (Å²) in [6.45, 7) is 3.80. The Labute approximate surface area is 207 Å². The van der Waals surface area contributed by atoms with Crippen molar-refractivity contribution in [2.75, 3.05) is 19.8 Å². The molecule has 0 aliphatic rings. The summed E-state index contributed by atoms with van der Waals surface area (Å²) < 4.78 is 30.4. The summed E-state index contributed by atoms with van der Waals surface area (Å²) >= 11 is 0. The second kappa shape index (κ2) is 12.4. The van der Waals surface area contributed by atoms with Crippen molar-refractivity contribution < 1.29 is 38.4 Å². The molecule has 0 spiro atoms. The van der Waals surface area contributed by atoms with Gasteiger partial charge in [-0.15, -0.1) is 10.1 Å². The second-order valence-electron chi connectivity index (χ2n) is 7.95. The molecule has 0 bridgehead atoms. The minimum Gasteiger partial charge on any atom is -0.494 e. The summed E-state index contributed by atoms with van der Waals surface area (Å²) in [5.74, 6) is -1.09. The van der Waals surface area contributed by atoms with E-state index in [0.717, 1.165) is 33.9 Å². The Morgan fingerprint density at radius 2 is 1.72 bits per heavy atom. The number of aliphatic carboxylic acids is 1. The third-order valence-electron chi connectivity index (χ3n) is 5.14. The van der Waals surface area contributed by atoms with Crippen LogP contribution in [0.4, 0.5) is 4.39 Å². The number of hydrogen-bond donors (Lipinski definition) is 1. The van der Waals surface area contributed by atoms with Gasteiger partial charge in [-0.1, -0.05) is 18.2 Å². The van der Waals surface area contributed by atoms with Crippen LogP contribution in [0.2, 0.25) is 0 Å². The van der Waals surface area contributed by atoms with E-state index >= 15 is 0 Å². The molecule has 0 aromatic heterocycles. The van der Waals surface area contributed by atoms with Crippen LogP contribution < -0.4 is 14.2 Å². The fraction of sp³-hybridized carbons (Fsp3) is 0.269. The third kappa shape index (κ3) is 7.59. The number of halogens is 1. The molecule has 0 atom stereocenters. The number of aryl methyl sites for hydroxylation is 2. The standard InChI is InChI=1S/C26H26FNO8/c1-17-11-22(33-9-4-10-36-28(31)32)12-18(2)26(17)20-6-3-5-19(13-20)15-34-21-7-8-24(23(27)14-21)35-16-25(29)30/h3,5-8,11-14H,4,9-10,15-16H2,1-2H3,(H,29,30). The molecule has 0 unspecified atom stereocenters. The maximum atomic E-state index is 14.1. The van der Waals surface area contributed by atoms with Gasteiger partial charge in [0, 0.05) is 12.5 Å². The lowest BCUT2D eigenvalue weighted by Gasteiger charge is -2.15. The zero-order chi connectivity index (χ0) is 26.1. The lowest BCUT2D eigenvalue weighted by atomic mass is 9.94. The summed E-state index contributed by atoms with van der Waals surface area (Å²) in [5.41, 5.74) is 4.92. The molecule has 0 amide bonds. The van der Waals surface area contributed by atoms with Crippen LogP contribution in [-0.4, -0.2) is 36.0 Å². The molecule has 190 valence electrons. The van der Waals surface area contributed by atoms with Crippen LogP contribution in [0.1, 0.15) is 23.1 Å². The molecule has 36 heavy (non-hydrogen) atoms. The quantitative estimate of drug-likeness (QED) is 0.195. The molecule has 10 heteroatoms. The van der Waals surface area contributed by atoms with Crippen LogP contribution >= 0.6 is 0 Å². The number of hydrogen-bond acceptors (Lipinski definition) is 7. The van der Waals surface area contributed by atoms with Crippen molar-refractivity contribution in [3.8, 4) is 28.4 Å². The summed E-state index contributed by atoms with van der Waals surface area (Å²) in [6.07, 6.45) is 0.394. The normalized spacial score (nSPS) is 10.5. The van der Waals surface area contributed by atoms with Gasteiger partial charge in [-0.2, -0.15) is 0 Å². The Morgan fingerprint density at radius 3 is 2.39 bits per heavy atom. The topological polar surface area (TPSA) is 117 Å². The first-order valence-electron chi connectivity index (χ1n) is 11.1. The monoisotopic (exact) mass is 499 g/mol. The SMILES string of the molecule is Cc1cc(OCCCO[N+](=O)[O-])cc(C)c1-c1cccc(COc2ccc(OCC(=O)O)c(F)c2)c1. The van der Waals surface area contributed by atoms with Crippen molar-refractivity contribution in [2.45, 2.75) is 26.9 Å². The van der Waals surface area contributed by atoms with E-state index in [2.05, 4.69) is 4.84 Å². The van der Waals surface area contributed by atoms with Crippen LogP contribution in [0.3, 0.4) is 0 Å². The Bertz CT molecular complexity index is 1210. The lowest BCUT2D eigenvalue weighted by molar-refractivity contribution is -0.757. The van der Waals surface area contributed by atoms with E-state index in [1.54, 1.807) is 0 Å². The second-order valence-corrected chi connectivity index (χ2v) is 7.95. The van der Waals surface area contributed by atoms with Gasteiger partial charge in [-0.05, 0) is 72.0 Å². The number of nitrogens with zero attached hydrogens (tertiary/aromatic N) is 1. The Hall–Kier alpha value is -4.34. The summed E-state index contributed by atoms with van der Waals surface area (Å²) in [6, 6.07) is 15.6. The van der Waals surface area contributed by atoms with E-state index in [4.69, 9.17) is 19.3 Å². The summed E-state index contributed by atoms with van der Waals surface area (Å²) in [7, 11) is 0. The maximum Gasteiger partial charge on any atom is 0.341 e. The predicted molar refractivity (Wildman–Crippen MR) is 128 cm³/mol. The molecule has 9 nitrogen and oxygen atoms in total. The zero-order valence-corrected chi connectivity index (χ0v) is 19.9. The zero-order valence-electron chi connectivity index (χ0n) is 19.9. The fourth-order valence-electron chi connectivity index (χ4n) is 3.66. The third-order valence-corrected chi connectivity index (χ3v) is 5.14. The van der Waals surface area contributed by atoms with Gasteiger partial charge in [0.25, 0.3) is 5.09 Å². The number of benzene rings is 3. The Morgan fingerprint density at radius 1 is 0.972 bits per heavy atom. The molecule has 0 aliphatic carbocycles. The molecule has 1 N–H and O–H groups in total. The molecule has 0 heterocycles. The van der Waals surface area contributed by atoms with Gasteiger partial charge >= 0.3 is 5.97 Å². The van der Waals surface area contributed by atoms with Crippen molar-refractivity contribution in [1.82, 2.24) is 0 Å². The van der Waals surface area contributed by atoms with Crippen molar-refractivity contribution in [1.29, 1.82) is 0 Å². The Balaban J connectivity index is 1.64. The highest BCUT2D eigenvalue weighted by molar-refractivity contribution is 5.72. The van der Waals surface area contributed by atoms with E-state index in [1.807, 2.05) is 50.2 Å². The lowest BCUT2D eigenvalue weighted by Crippen LogP contribution is -2.10. The highest BCUT2D eigenvalue weighted by Gasteiger charge is 2.11. The summed E-state index contributed by atoms with van der Waals surface area (Å²) in [5, 5.41) is 18.0. The molecular weight excluding hydrogens is 473 g/mol. The van der Waals surface area contributed by atoms with Crippen molar-refractivity contribution in [3.63, 3.8) is 0 Å². The van der Waals surface area contributed by atoms with Gasteiger partial charge in [0.2, 0.25) is 0 Å². The van der Waals surface area contributed by atoms with Gasteiger partial charge in [0.1, 0.15) is 18.1 Å². The summed E-state index contributed by atoms with van der Waals surface area (Å²) in [4.78, 5) is 25.1. The van der Waals surface area contributed by atoms with Gasteiger partial charge in [0.15, 0.2) is 18.2 Å². The number of carboxylic acid groups (broad SMARTS) is 1. The van der Waals surface area contributed by atoms with E-state index in [9.17, 15) is 19.3 Å².